The fraction of sp³-hybridized carbons (Fsp3) is 0.182. The minimum Gasteiger partial charge on any atom is -0.454 e. The summed E-state index contributed by atoms with van der Waals surface area (Å²) < 4.78 is 11.7. The van der Waals surface area contributed by atoms with E-state index in [1.165, 1.54) is 16.2 Å². The number of aliphatic hydroxyl groups excluding tert-OH is 1. The first-order valence-electron chi connectivity index (χ1n) is 9.58. The first-order valence-corrected chi connectivity index (χ1v) is 10.8. The average molecular weight is 457 g/mol. The molecule has 31 heavy (non-hydrogen) atoms. The van der Waals surface area contributed by atoms with E-state index in [0.29, 0.717) is 32.5 Å². The van der Waals surface area contributed by atoms with E-state index in [2.05, 4.69) is 4.98 Å². The number of rotatable bonds is 5. The normalized spacial score (nSPS) is 12.6. The molecule has 0 aliphatic carbocycles. The molecular weight excluding hydrogens is 440 g/mol. The molecule has 4 aromatic rings. The maximum absolute atomic E-state index is 13.2. The summed E-state index contributed by atoms with van der Waals surface area (Å²) in [6.45, 7) is 0.00157. The van der Waals surface area contributed by atoms with Gasteiger partial charge in [-0.3, -0.25) is 9.59 Å². The van der Waals surface area contributed by atoms with Crippen LogP contribution in [0, 0.1) is 0 Å². The number of amides is 1. The summed E-state index contributed by atoms with van der Waals surface area (Å²) in [7, 11) is 0. The van der Waals surface area contributed by atoms with Crippen LogP contribution in [0.4, 0.5) is 0 Å². The van der Waals surface area contributed by atoms with E-state index in [9.17, 15) is 14.7 Å². The largest absolute Gasteiger partial charge is 0.454 e. The van der Waals surface area contributed by atoms with Gasteiger partial charge in [-0.1, -0.05) is 29.8 Å². The van der Waals surface area contributed by atoms with Crippen LogP contribution in [0.1, 0.15) is 15.2 Å². The highest BCUT2D eigenvalue weighted by molar-refractivity contribution is 7.21. The standard InChI is InChI=1S/C22H17ClN2O5S/c23-19-14-3-1-2-4-18(14)31-20(19)22(28)25(5-6-26)10-13-7-12-8-16-17(30-11-29-16)9-15(12)24-21(13)27/h1-4,7-9,26H,5-6,10-11H2,(H,24,27). The van der Waals surface area contributed by atoms with Crippen LogP contribution in [0.15, 0.2) is 47.3 Å². The number of aromatic amines is 1. The predicted molar refractivity (Wildman–Crippen MR) is 119 cm³/mol. The van der Waals surface area contributed by atoms with Crippen molar-refractivity contribution in [2.75, 3.05) is 19.9 Å². The lowest BCUT2D eigenvalue weighted by molar-refractivity contribution is 0.0712. The van der Waals surface area contributed by atoms with Gasteiger partial charge in [-0.2, -0.15) is 0 Å². The number of hydrogen-bond acceptors (Lipinski definition) is 6. The van der Waals surface area contributed by atoms with Crippen molar-refractivity contribution < 1.29 is 19.4 Å². The lowest BCUT2D eigenvalue weighted by atomic mass is 10.1. The lowest BCUT2D eigenvalue weighted by Gasteiger charge is -2.21. The minimum atomic E-state index is -0.328. The van der Waals surface area contributed by atoms with Crippen molar-refractivity contribution in [2.24, 2.45) is 0 Å². The molecular formula is C22H17ClN2O5S. The zero-order valence-corrected chi connectivity index (χ0v) is 17.8. The molecule has 0 spiro atoms. The minimum absolute atomic E-state index is 0.0314. The summed E-state index contributed by atoms with van der Waals surface area (Å²) in [6.07, 6.45) is 0. The third-order valence-corrected chi connectivity index (χ3v) is 6.83. The van der Waals surface area contributed by atoms with Gasteiger partial charge in [-0.15, -0.1) is 11.3 Å². The summed E-state index contributed by atoms with van der Waals surface area (Å²) in [6, 6.07) is 12.7. The van der Waals surface area contributed by atoms with Gasteiger partial charge in [-0.25, -0.2) is 0 Å². The number of pyridine rings is 1. The van der Waals surface area contributed by atoms with Gasteiger partial charge in [0.1, 0.15) is 4.88 Å². The van der Waals surface area contributed by atoms with Crippen LogP contribution in [-0.4, -0.2) is 40.8 Å². The van der Waals surface area contributed by atoms with Crippen LogP contribution in [0.25, 0.3) is 21.0 Å². The number of thiophene rings is 1. The fourth-order valence-electron chi connectivity index (χ4n) is 3.63. The van der Waals surface area contributed by atoms with Crippen LogP contribution in [0.5, 0.6) is 11.5 Å². The number of halogens is 1. The molecule has 7 nitrogen and oxygen atoms in total. The lowest BCUT2D eigenvalue weighted by Crippen LogP contribution is -2.34. The second-order valence-electron chi connectivity index (χ2n) is 7.11. The SMILES string of the molecule is O=C(c1sc2ccccc2c1Cl)N(CCO)Cc1cc2cc3c(cc2[nH]c1=O)OCO3. The van der Waals surface area contributed by atoms with Crippen LogP contribution in [-0.2, 0) is 6.54 Å². The Labute approximate surface area is 185 Å². The zero-order chi connectivity index (χ0) is 21.5. The Morgan fingerprint density at radius 3 is 2.74 bits per heavy atom. The Balaban J connectivity index is 1.51. The molecule has 0 fully saturated rings. The smallest absolute Gasteiger partial charge is 0.265 e. The number of carbonyl (C=O) groups is 1. The van der Waals surface area contributed by atoms with Crippen molar-refractivity contribution in [1.29, 1.82) is 0 Å². The Hall–Kier alpha value is -3.07. The average Bonchev–Trinajstić information content (AvgIpc) is 3.36. The van der Waals surface area contributed by atoms with Crippen molar-refractivity contribution in [3.8, 4) is 11.5 Å². The second-order valence-corrected chi connectivity index (χ2v) is 8.54. The highest BCUT2D eigenvalue weighted by atomic mass is 35.5. The highest BCUT2D eigenvalue weighted by Crippen LogP contribution is 2.37. The number of fused-ring (bicyclic) bond motifs is 3. The number of carbonyl (C=O) groups excluding carboxylic acids is 1. The van der Waals surface area contributed by atoms with Crippen molar-refractivity contribution >= 4 is 49.8 Å². The van der Waals surface area contributed by atoms with E-state index in [-0.39, 0.29) is 38.0 Å². The van der Waals surface area contributed by atoms with Gasteiger partial charge in [-0.05, 0) is 18.2 Å². The van der Waals surface area contributed by atoms with Gasteiger partial charge in [0.15, 0.2) is 11.5 Å². The molecule has 158 valence electrons. The first kappa shape index (κ1) is 19.9. The van der Waals surface area contributed by atoms with Crippen molar-refractivity contribution in [1.82, 2.24) is 9.88 Å². The molecule has 0 radical (unpaired) electrons. The number of ether oxygens (including phenoxy) is 2. The third kappa shape index (κ3) is 3.52. The number of aromatic nitrogens is 1. The highest BCUT2D eigenvalue weighted by Gasteiger charge is 2.24. The van der Waals surface area contributed by atoms with Gasteiger partial charge >= 0.3 is 0 Å². The number of hydrogen-bond donors (Lipinski definition) is 2. The first-order chi connectivity index (χ1) is 15.0. The number of benzene rings is 2. The molecule has 2 N–H and O–H groups in total. The summed E-state index contributed by atoms with van der Waals surface area (Å²) in [5.74, 6) is 0.851. The number of nitrogens with one attached hydrogen (secondary N) is 1. The molecule has 0 atom stereocenters. The zero-order valence-electron chi connectivity index (χ0n) is 16.2. The molecule has 1 aliphatic rings. The van der Waals surface area contributed by atoms with Crippen LogP contribution in [0.2, 0.25) is 5.02 Å². The fourth-order valence-corrected chi connectivity index (χ4v) is 5.11. The molecule has 0 bridgehead atoms. The predicted octanol–water partition coefficient (Wildman–Crippen LogP) is 3.76. The Morgan fingerprint density at radius 2 is 1.97 bits per heavy atom. The van der Waals surface area contributed by atoms with Crippen LogP contribution < -0.4 is 15.0 Å². The van der Waals surface area contributed by atoms with Crippen molar-refractivity contribution in [2.45, 2.75) is 6.54 Å². The number of aliphatic hydroxyl groups is 1. The monoisotopic (exact) mass is 456 g/mol. The van der Waals surface area contributed by atoms with Gasteiger partial charge in [0, 0.05) is 33.6 Å². The van der Waals surface area contributed by atoms with E-state index >= 15 is 0 Å². The maximum atomic E-state index is 13.2. The molecule has 3 heterocycles. The van der Waals surface area contributed by atoms with Gasteiger partial charge < -0.3 is 24.5 Å². The molecule has 0 saturated carbocycles. The third-order valence-electron chi connectivity index (χ3n) is 5.16. The van der Waals surface area contributed by atoms with Crippen LogP contribution >= 0.6 is 22.9 Å². The van der Waals surface area contributed by atoms with Gasteiger partial charge in [0.05, 0.1) is 23.7 Å². The summed E-state index contributed by atoms with van der Waals surface area (Å²) in [4.78, 5) is 30.6. The molecule has 2 aromatic carbocycles. The van der Waals surface area contributed by atoms with E-state index < -0.39 is 0 Å². The number of nitrogens with zero attached hydrogens (tertiary/aromatic N) is 1. The summed E-state index contributed by atoms with van der Waals surface area (Å²) in [5, 5.41) is 11.5. The molecule has 2 aromatic heterocycles. The van der Waals surface area contributed by atoms with Crippen molar-refractivity contribution in [3.63, 3.8) is 0 Å². The van der Waals surface area contributed by atoms with E-state index in [0.717, 1.165) is 15.5 Å². The van der Waals surface area contributed by atoms with Crippen molar-refractivity contribution in [3.05, 3.63) is 68.3 Å². The summed E-state index contributed by atoms with van der Waals surface area (Å²) in [5.41, 5.74) is 0.695. The maximum Gasteiger partial charge on any atom is 0.265 e. The molecule has 1 aliphatic heterocycles. The molecule has 1 amide bonds. The molecule has 0 unspecified atom stereocenters. The van der Waals surface area contributed by atoms with Gasteiger partial charge in [0.2, 0.25) is 6.79 Å². The Morgan fingerprint density at radius 1 is 1.19 bits per heavy atom. The van der Waals surface area contributed by atoms with E-state index in [4.69, 9.17) is 21.1 Å². The summed E-state index contributed by atoms with van der Waals surface area (Å²) >= 11 is 7.77. The topological polar surface area (TPSA) is 91.9 Å². The molecule has 9 heteroatoms. The quantitative estimate of drug-likeness (QED) is 0.477. The molecule has 5 rings (SSSR count). The van der Waals surface area contributed by atoms with E-state index in [1.807, 2.05) is 24.3 Å². The Kier molecular flexibility index (Phi) is 5.05. The number of H-pyrrole nitrogens is 1. The van der Waals surface area contributed by atoms with Gasteiger partial charge in [0.25, 0.3) is 11.5 Å². The second kappa shape index (κ2) is 7.88. The van der Waals surface area contributed by atoms with Crippen LogP contribution in [0.3, 0.4) is 0 Å². The van der Waals surface area contributed by atoms with E-state index in [1.54, 1.807) is 18.2 Å². The molecule has 0 saturated heterocycles. The Bertz CT molecular complexity index is 1380.